The quantitative estimate of drug-likeness (QED) is 0.771. The first kappa shape index (κ1) is 21.1. The maximum Gasteiger partial charge on any atom is 0.416 e. The topological polar surface area (TPSA) is 64.7 Å². The molecule has 1 aromatic heterocycles. The molecule has 29 heavy (non-hydrogen) atoms. The molecule has 10 heteroatoms. The number of benzene rings is 1. The molecule has 1 aromatic carbocycles. The molecule has 6 nitrogen and oxygen atoms in total. The van der Waals surface area contributed by atoms with Gasteiger partial charge in [-0.25, -0.2) is 4.79 Å². The lowest BCUT2D eigenvalue weighted by Gasteiger charge is -2.34. The van der Waals surface area contributed by atoms with Gasteiger partial charge in [0.1, 0.15) is 0 Å². The van der Waals surface area contributed by atoms with Gasteiger partial charge in [0, 0.05) is 45.0 Å². The second-order valence-electron chi connectivity index (χ2n) is 6.57. The van der Waals surface area contributed by atoms with E-state index in [0.29, 0.717) is 44.1 Å². The molecule has 0 atom stereocenters. The Labute approximate surface area is 170 Å². The minimum atomic E-state index is -4.45. The second-order valence-corrected chi connectivity index (χ2v) is 7.52. The summed E-state index contributed by atoms with van der Waals surface area (Å²) in [5.41, 5.74) is -0.687. The maximum absolute atomic E-state index is 12.8. The summed E-state index contributed by atoms with van der Waals surface area (Å²) in [6, 6.07) is 7.75. The van der Waals surface area contributed by atoms with E-state index in [0.717, 1.165) is 12.1 Å². The van der Waals surface area contributed by atoms with Gasteiger partial charge in [-0.1, -0.05) is 12.1 Å². The first-order valence-corrected chi connectivity index (χ1v) is 9.98. The summed E-state index contributed by atoms with van der Waals surface area (Å²) >= 11 is 1.38. The SMILES string of the molecule is O=C(NCCN1CCN(C(=O)Nc2cccc(C(F)(F)F)c2)CC1)c1cccs1. The Morgan fingerprint density at radius 3 is 2.48 bits per heavy atom. The number of halogens is 3. The number of nitrogens with one attached hydrogen (secondary N) is 2. The molecule has 0 bridgehead atoms. The van der Waals surface area contributed by atoms with Crippen molar-refractivity contribution >= 4 is 29.0 Å². The van der Waals surface area contributed by atoms with Gasteiger partial charge in [-0.15, -0.1) is 11.3 Å². The molecule has 0 saturated carbocycles. The highest BCUT2D eigenvalue weighted by molar-refractivity contribution is 7.12. The molecule has 1 aliphatic heterocycles. The Bertz CT molecular complexity index is 834. The molecular weight excluding hydrogens is 405 g/mol. The third-order valence-corrected chi connectivity index (χ3v) is 5.43. The van der Waals surface area contributed by atoms with E-state index in [-0.39, 0.29) is 11.6 Å². The molecule has 2 heterocycles. The number of hydrogen-bond acceptors (Lipinski definition) is 4. The Hall–Kier alpha value is -2.59. The summed E-state index contributed by atoms with van der Waals surface area (Å²) in [4.78, 5) is 28.6. The van der Waals surface area contributed by atoms with Gasteiger partial charge < -0.3 is 15.5 Å². The van der Waals surface area contributed by atoms with Crippen LogP contribution in [0, 0.1) is 0 Å². The van der Waals surface area contributed by atoms with Crippen LogP contribution in [-0.2, 0) is 6.18 Å². The molecule has 0 spiro atoms. The van der Waals surface area contributed by atoms with Crippen molar-refractivity contribution in [2.24, 2.45) is 0 Å². The van der Waals surface area contributed by atoms with Crippen LogP contribution in [0.15, 0.2) is 41.8 Å². The molecule has 0 radical (unpaired) electrons. The minimum absolute atomic E-state index is 0.0981. The Morgan fingerprint density at radius 2 is 1.83 bits per heavy atom. The second kappa shape index (κ2) is 9.27. The van der Waals surface area contributed by atoms with Gasteiger partial charge >= 0.3 is 12.2 Å². The smallest absolute Gasteiger partial charge is 0.350 e. The summed E-state index contributed by atoms with van der Waals surface area (Å²) in [6.45, 7) is 3.36. The number of hydrogen-bond donors (Lipinski definition) is 2. The molecule has 0 aliphatic carbocycles. The zero-order valence-electron chi connectivity index (χ0n) is 15.5. The summed E-state index contributed by atoms with van der Waals surface area (Å²) < 4.78 is 38.3. The molecule has 3 amide bonds. The number of piperazine rings is 1. The van der Waals surface area contributed by atoms with Crippen LogP contribution in [-0.4, -0.2) is 61.0 Å². The standard InChI is InChI=1S/C19H21F3N4O2S/c20-19(21,22)14-3-1-4-15(13-14)24-18(28)26-10-8-25(9-11-26)7-6-23-17(27)16-5-2-12-29-16/h1-5,12-13H,6-11H2,(H,23,27)(H,24,28). The highest BCUT2D eigenvalue weighted by Gasteiger charge is 2.30. The predicted molar refractivity (Wildman–Crippen MR) is 105 cm³/mol. The fraction of sp³-hybridized carbons (Fsp3) is 0.368. The lowest BCUT2D eigenvalue weighted by atomic mass is 10.2. The van der Waals surface area contributed by atoms with Crippen molar-refractivity contribution in [1.82, 2.24) is 15.1 Å². The Balaban J connectivity index is 1.41. The highest BCUT2D eigenvalue weighted by atomic mass is 32.1. The van der Waals surface area contributed by atoms with E-state index in [4.69, 9.17) is 0 Å². The van der Waals surface area contributed by atoms with Crippen LogP contribution in [0.5, 0.6) is 0 Å². The van der Waals surface area contributed by atoms with Gasteiger partial charge in [-0.2, -0.15) is 13.2 Å². The van der Waals surface area contributed by atoms with E-state index in [1.54, 1.807) is 11.0 Å². The lowest BCUT2D eigenvalue weighted by molar-refractivity contribution is -0.137. The molecular formula is C19H21F3N4O2S. The third-order valence-electron chi connectivity index (χ3n) is 4.56. The summed E-state index contributed by atoms with van der Waals surface area (Å²) in [5.74, 6) is -0.0981. The van der Waals surface area contributed by atoms with E-state index in [2.05, 4.69) is 15.5 Å². The normalized spacial score (nSPS) is 15.2. The van der Waals surface area contributed by atoms with Crippen LogP contribution in [0.2, 0.25) is 0 Å². The van der Waals surface area contributed by atoms with Crippen LogP contribution < -0.4 is 10.6 Å². The van der Waals surface area contributed by atoms with Crippen molar-refractivity contribution in [3.63, 3.8) is 0 Å². The number of alkyl halides is 3. The lowest BCUT2D eigenvalue weighted by Crippen LogP contribution is -2.51. The van der Waals surface area contributed by atoms with Gasteiger partial charge in [-0.05, 0) is 29.6 Å². The molecule has 156 valence electrons. The number of urea groups is 1. The number of anilines is 1. The monoisotopic (exact) mass is 426 g/mol. The molecule has 3 rings (SSSR count). The number of nitrogens with zero attached hydrogens (tertiary/aromatic N) is 2. The number of carbonyl (C=O) groups is 2. The Kier molecular flexibility index (Phi) is 6.75. The van der Waals surface area contributed by atoms with Gasteiger partial charge in [0.15, 0.2) is 0 Å². The van der Waals surface area contributed by atoms with Crippen LogP contribution in [0.25, 0.3) is 0 Å². The fourth-order valence-corrected chi connectivity index (χ4v) is 3.61. The molecule has 0 unspecified atom stereocenters. The Morgan fingerprint density at radius 1 is 1.07 bits per heavy atom. The van der Waals surface area contributed by atoms with E-state index in [1.807, 2.05) is 11.4 Å². The van der Waals surface area contributed by atoms with Crippen molar-refractivity contribution in [3.8, 4) is 0 Å². The van der Waals surface area contributed by atoms with Gasteiger partial charge in [0.25, 0.3) is 5.91 Å². The highest BCUT2D eigenvalue weighted by Crippen LogP contribution is 2.30. The molecule has 1 fully saturated rings. The summed E-state index contributed by atoms with van der Waals surface area (Å²) in [7, 11) is 0. The van der Waals surface area contributed by atoms with E-state index < -0.39 is 17.8 Å². The number of amides is 3. The zero-order valence-corrected chi connectivity index (χ0v) is 16.4. The number of carbonyl (C=O) groups excluding carboxylic acids is 2. The van der Waals surface area contributed by atoms with Crippen LogP contribution in [0.4, 0.5) is 23.7 Å². The largest absolute Gasteiger partial charge is 0.416 e. The average Bonchev–Trinajstić information content (AvgIpc) is 3.23. The van der Waals surface area contributed by atoms with Crippen LogP contribution in [0.3, 0.4) is 0 Å². The first-order valence-electron chi connectivity index (χ1n) is 9.10. The number of rotatable bonds is 5. The molecule has 1 saturated heterocycles. The fourth-order valence-electron chi connectivity index (χ4n) is 2.97. The van der Waals surface area contributed by atoms with Crippen molar-refractivity contribution in [3.05, 3.63) is 52.2 Å². The minimum Gasteiger partial charge on any atom is -0.350 e. The van der Waals surface area contributed by atoms with Crippen molar-refractivity contribution in [2.75, 3.05) is 44.6 Å². The average molecular weight is 426 g/mol. The van der Waals surface area contributed by atoms with Gasteiger partial charge in [0.2, 0.25) is 0 Å². The van der Waals surface area contributed by atoms with Crippen molar-refractivity contribution in [1.29, 1.82) is 0 Å². The predicted octanol–water partition coefficient (Wildman–Crippen LogP) is 3.35. The van der Waals surface area contributed by atoms with Crippen LogP contribution >= 0.6 is 11.3 Å². The third kappa shape index (κ3) is 5.94. The van der Waals surface area contributed by atoms with Crippen molar-refractivity contribution in [2.45, 2.75) is 6.18 Å². The maximum atomic E-state index is 12.8. The van der Waals surface area contributed by atoms with Crippen molar-refractivity contribution < 1.29 is 22.8 Å². The summed E-state index contributed by atoms with van der Waals surface area (Å²) in [6.07, 6.45) is -4.45. The first-order chi connectivity index (χ1) is 13.8. The molecule has 2 aromatic rings. The zero-order chi connectivity index (χ0) is 20.9. The van der Waals surface area contributed by atoms with E-state index in [9.17, 15) is 22.8 Å². The van der Waals surface area contributed by atoms with E-state index in [1.165, 1.54) is 23.5 Å². The van der Waals surface area contributed by atoms with Gasteiger partial charge in [-0.3, -0.25) is 9.69 Å². The van der Waals surface area contributed by atoms with E-state index >= 15 is 0 Å². The van der Waals surface area contributed by atoms with Gasteiger partial charge in [0.05, 0.1) is 10.4 Å². The summed E-state index contributed by atoms with van der Waals surface area (Å²) in [5, 5.41) is 7.23. The molecule has 1 aliphatic rings. The molecule has 2 N–H and O–H groups in total. The number of thiophene rings is 1. The van der Waals surface area contributed by atoms with Crippen LogP contribution in [0.1, 0.15) is 15.2 Å².